The standard InChI is InChI=1S/C14H15BrN2O2S/c1-20(18,19)13-4-2-3-12(14(13)16)17-9-10-5-7-11(15)8-6-10/h2-8,17H,9,16H2,1H3. The van der Waals surface area contributed by atoms with Gasteiger partial charge in [0.25, 0.3) is 0 Å². The van der Waals surface area contributed by atoms with Crippen LogP contribution in [0.5, 0.6) is 0 Å². The van der Waals surface area contributed by atoms with Crippen LogP contribution in [0.4, 0.5) is 11.4 Å². The maximum absolute atomic E-state index is 11.6. The maximum Gasteiger partial charge on any atom is 0.177 e. The van der Waals surface area contributed by atoms with Gasteiger partial charge in [-0.25, -0.2) is 8.42 Å². The third-order valence-corrected chi connectivity index (χ3v) is 4.55. The fourth-order valence-electron chi connectivity index (χ4n) is 1.82. The molecule has 3 N–H and O–H groups in total. The van der Waals surface area contributed by atoms with E-state index in [4.69, 9.17) is 5.73 Å². The number of rotatable bonds is 4. The fraction of sp³-hybridized carbons (Fsp3) is 0.143. The molecule has 2 aromatic rings. The predicted octanol–water partition coefficient (Wildman–Crippen LogP) is 3.05. The van der Waals surface area contributed by atoms with Crippen molar-refractivity contribution in [2.75, 3.05) is 17.3 Å². The van der Waals surface area contributed by atoms with Gasteiger partial charge in [-0.15, -0.1) is 0 Å². The minimum atomic E-state index is -3.32. The zero-order chi connectivity index (χ0) is 14.8. The topological polar surface area (TPSA) is 72.2 Å². The van der Waals surface area contributed by atoms with Gasteiger partial charge in [-0.1, -0.05) is 34.1 Å². The van der Waals surface area contributed by atoms with E-state index < -0.39 is 9.84 Å². The lowest BCUT2D eigenvalue weighted by Crippen LogP contribution is -2.07. The minimum absolute atomic E-state index is 0.151. The van der Waals surface area contributed by atoms with Gasteiger partial charge in [-0.3, -0.25) is 0 Å². The Bertz CT molecular complexity index is 712. The summed E-state index contributed by atoms with van der Waals surface area (Å²) in [5.41, 5.74) is 7.87. The summed E-state index contributed by atoms with van der Waals surface area (Å²) in [7, 11) is -3.32. The van der Waals surface area contributed by atoms with E-state index in [9.17, 15) is 8.42 Å². The SMILES string of the molecule is CS(=O)(=O)c1cccc(NCc2ccc(Br)cc2)c1N. The Morgan fingerprint density at radius 2 is 1.80 bits per heavy atom. The summed E-state index contributed by atoms with van der Waals surface area (Å²) in [4.78, 5) is 0.151. The second-order valence-corrected chi connectivity index (χ2v) is 7.37. The number of anilines is 2. The lowest BCUT2D eigenvalue weighted by molar-refractivity contribution is 0.602. The van der Waals surface area contributed by atoms with E-state index in [1.165, 1.54) is 6.07 Å². The number of hydrogen-bond acceptors (Lipinski definition) is 4. The molecule has 2 rings (SSSR count). The third-order valence-electron chi connectivity index (χ3n) is 2.86. The molecule has 0 aliphatic carbocycles. The molecule has 0 aliphatic heterocycles. The van der Waals surface area contributed by atoms with E-state index in [1.807, 2.05) is 24.3 Å². The molecule has 0 saturated carbocycles. The highest BCUT2D eigenvalue weighted by Gasteiger charge is 2.13. The molecule has 0 fully saturated rings. The van der Waals surface area contributed by atoms with Gasteiger partial charge in [0.05, 0.1) is 16.3 Å². The number of sulfone groups is 1. The molecule has 20 heavy (non-hydrogen) atoms. The highest BCUT2D eigenvalue weighted by atomic mass is 79.9. The molecule has 0 aliphatic rings. The van der Waals surface area contributed by atoms with Crippen LogP contribution in [-0.2, 0) is 16.4 Å². The molecule has 0 amide bonds. The van der Waals surface area contributed by atoms with Crippen LogP contribution in [0.15, 0.2) is 51.8 Å². The van der Waals surface area contributed by atoms with Crippen LogP contribution in [-0.4, -0.2) is 14.7 Å². The first kappa shape index (κ1) is 14.9. The van der Waals surface area contributed by atoms with Crippen molar-refractivity contribution >= 4 is 37.1 Å². The predicted molar refractivity (Wildman–Crippen MR) is 85.4 cm³/mol. The number of para-hydroxylation sites is 1. The van der Waals surface area contributed by atoms with Gasteiger partial charge >= 0.3 is 0 Å². The van der Waals surface area contributed by atoms with Gasteiger partial charge in [0.1, 0.15) is 0 Å². The van der Waals surface area contributed by atoms with Crippen molar-refractivity contribution in [2.45, 2.75) is 11.4 Å². The van der Waals surface area contributed by atoms with E-state index in [1.54, 1.807) is 12.1 Å². The van der Waals surface area contributed by atoms with E-state index in [0.29, 0.717) is 12.2 Å². The number of nitrogens with two attached hydrogens (primary N) is 1. The molecule has 0 radical (unpaired) electrons. The van der Waals surface area contributed by atoms with Crippen LogP contribution in [0.3, 0.4) is 0 Å². The number of benzene rings is 2. The molecule has 0 spiro atoms. The summed E-state index contributed by atoms with van der Waals surface area (Å²) in [6.07, 6.45) is 1.15. The largest absolute Gasteiger partial charge is 0.396 e. The van der Waals surface area contributed by atoms with E-state index in [2.05, 4.69) is 21.2 Å². The molecule has 0 atom stereocenters. The van der Waals surface area contributed by atoms with Crippen molar-refractivity contribution < 1.29 is 8.42 Å². The van der Waals surface area contributed by atoms with Crippen LogP contribution >= 0.6 is 15.9 Å². The van der Waals surface area contributed by atoms with E-state index in [-0.39, 0.29) is 10.6 Å². The van der Waals surface area contributed by atoms with Crippen molar-refractivity contribution in [3.8, 4) is 0 Å². The number of halogens is 1. The zero-order valence-corrected chi connectivity index (χ0v) is 13.3. The monoisotopic (exact) mass is 354 g/mol. The Balaban J connectivity index is 2.20. The Morgan fingerprint density at radius 3 is 2.40 bits per heavy atom. The van der Waals surface area contributed by atoms with E-state index in [0.717, 1.165) is 16.3 Å². The number of nitrogens with one attached hydrogen (secondary N) is 1. The molecule has 0 heterocycles. The minimum Gasteiger partial charge on any atom is -0.396 e. The van der Waals surface area contributed by atoms with Gasteiger partial charge in [0.2, 0.25) is 0 Å². The highest BCUT2D eigenvalue weighted by molar-refractivity contribution is 9.10. The lowest BCUT2D eigenvalue weighted by Gasteiger charge is -2.12. The molecule has 0 unspecified atom stereocenters. The lowest BCUT2D eigenvalue weighted by atomic mass is 10.2. The molecule has 0 bridgehead atoms. The summed E-state index contributed by atoms with van der Waals surface area (Å²) >= 11 is 3.38. The van der Waals surface area contributed by atoms with Crippen LogP contribution in [0.2, 0.25) is 0 Å². The summed E-state index contributed by atoms with van der Waals surface area (Å²) in [5, 5.41) is 3.16. The Hall–Kier alpha value is -1.53. The Labute approximate surface area is 127 Å². The average molecular weight is 355 g/mol. The average Bonchev–Trinajstić information content (AvgIpc) is 2.38. The molecule has 0 aromatic heterocycles. The van der Waals surface area contributed by atoms with Crippen LogP contribution in [0.1, 0.15) is 5.56 Å². The van der Waals surface area contributed by atoms with Crippen LogP contribution < -0.4 is 11.1 Å². The quantitative estimate of drug-likeness (QED) is 0.827. The van der Waals surface area contributed by atoms with Gasteiger partial charge in [-0.05, 0) is 29.8 Å². The molecule has 0 saturated heterocycles. The van der Waals surface area contributed by atoms with Crippen molar-refractivity contribution in [2.24, 2.45) is 0 Å². The summed E-state index contributed by atoms with van der Waals surface area (Å²) < 4.78 is 24.2. The second-order valence-electron chi connectivity index (χ2n) is 4.47. The maximum atomic E-state index is 11.6. The first-order chi connectivity index (χ1) is 9.38. The molecule has 4 nitrogen and oxygen atoms in total. The fourth-order valence-corrected chi connectivity index (χ4v) is 2.92. The first-order valence-corrected chi connectivity index (χ1v) is 8.63. The van der Waals surface area contributed by atoms with E-state index >= 15 is 0 Å². The molecular formula is C14H15BrN2O2S. The van der Waals surface area contributed by atoms with Gasteiger partial charge in [0, 0.05) is 17.3 Å². The molecule has 2 aromatic carbocycles. The summed E-state index contributed by atoms with van der Waals surface area (Å²) in [6.45, 7) is 0.574. The van der Waals surface area contributed by atoms with Crippen molar-refractivity contribution in [3.05, 3.63) is 52.5 Å². The highest BCUT2D eigenvalue weighted by Crippen LogP contribution is 2.27. The second kappa shape index (κ2) is 5.85. The summed E-state index contributed by atoms with van der Waals surface area (Å²) in [5.74, 6) is 0. The van der Waals surface area contributed by atoms with Crippen LogP contribution in [0, 0.1) is 0 Å². The Kier molecular flexibility index (Phi) is 4.35. The van der Waals surface area contributed by atoms with Crippen molar-refractivity contribution in [1.29, 1.82) is 0 Å². The van der Waals surface area contributed by atoms with Gasteiger partial charge in [0.15, 0.2) is 9.84 Å². The molecular weight excluding hydrogens is 340 g/mol. The molecule has 6 heteroatoms. The summed E-state index contributed by atoms with van der Waals surface area (Å²) in [6, 6.07) is 12.8. The smallest absolute Gasteiger partial charge is 0.177 e. The first-order valence-electron chi connectivity index (χ1n) is 5.95. The van der Waals surface area contributed by atoms with Gasteiger partial charge in [-0.2, -0.15) is 0 Å². The van der Waals surface area contributed by atoms with Crippen molar-refractivity contribution in [3.63, 3.8) is 0 Å². The molecule has 106 valence electrons. The normalized spacial score (nSPS) is 11.3. The van der Waals surface area contributed by atoms with Crippen LogP contribution in [0.25, 0.3) is 0 Å². The van der Waals surface area contributed by atoms with Gasteiger partial charge < -0.3 is 11.1 Å². The number of hydrogen-bond donors (Lipinski definition) is 2. The zero-order valence-electron chi connectivity index (χ0n) is 10.9. The third kappa shape index (κ3) is 3.52. The van der Waals surface area contributed by atoms with Crippen molar-refractivity contribution in [1.82, 2.24) is 0 Å². The number of nitrogen functional groups attached to an aromatic ring is 1. The Morgan fingerprint density at radius 1 is 1.15 bits per heavy atom.